The number of nitrogens with two attached hydrogens (primary N) is 1. The highest BCUT2D eigenvalue weighted by Crippen LogP contribution is 2.21. The van der Waals surface area contributed by atoms with Gasteiger partial charge in [-0.2, -0.15) is 0 Å². The molecule has 4 N–H and O–H groups in total. The van der Waals surface area contributed by atoms with Crippen LogP contribution in [0.15, 0.2) is 18.2 Å². The fourth-order valence-electron chi connectivity index (χ4n) is 1.42. The molecule has 94 valence electrons. The van der Waals surface area contributed by atoms with E-state index in [1.54, 1.807) is 32.0 Å². The predicted molar refractivity (Wildman–Crippen MR) is 63.2 cm³/mol. The van der Waals surface area contributed by atoms with Crippen LogP contribution < -0.4 is 5.73 Å². The normalized spacial score (nSPS) is 14.1. The zero-order valence-electron chi connectivity index (χ0n) is 9.88. The van der Waals surface area contributed by atoms with E-state index < -0.39 is 18.2 Å². The smallest absolute Gasteiger partial charge is 0.338 e. The standard InChI is InChI=1S/C12H17NO4/c1-3-17-12(16)11(15)10(14)8-4-5-9(13)7(2)6-8/h4-6,10-11,14-15H,3,13H2,1-2H3. The number of aliphatic hydroxyl groups is 2. The quantitative estimate of drug-likeness (QED) is 0.526. The second-order valence-corrected chi connectivity index (χ2v) is 3.76. The lowest BCUT2D eigenvalue weighted by atomic mass is 10.0. The molecule has 0 bridgehead atoms. The minimum atomic E-state index is -1.59. The van der Waals surface area contributed by atoms with Crippen molar-refractivity contribution in [3.63, 3.8) is 0 Å². The fraction of sp³-hybridized carbons (Fsp3) is 0.417. The molecule has 0 aliphatic rings. The molecule has 1 rings (SSSR count). The second kappa shape index (κ2) is 5.65. The lowest BCUT2D eigenvalue weighted by molar-refractivity contribution is -0.159. The van der Waals surface area contributed by atoms with Crippen LogP contribution in [-0.4, -0.2) is 28.9 Å². The van der Waals surface area contributed by atoms with Gasteiger partial charge in [0.25, 0.3) is 0 Å². The molecule has 0 amide bonds. The average molecular weight is 239 g/mol. The van der Waals surface area contributed by atoms with Crippen molar-refractivity contribution in [3.8, 4) is 0 Å². The zero-order chi connectivity index (χ0) is 13.0. The van der Waals surface area contributed by atoms with Crippen LogP contribution in [0.25, 0.3) is 0 Å². The van der Waals surface area contributed by atoms with E-state index >= 15 is 0 Å². The molecule has 0 radical (unpaired) electrons. The molecule has 1 aromatic carbocycles. The maximum Gasteiger partial charge on any atom is 0.338 e. The van der Waals surface area contributed by atoms with Crippen molar-refractivity contribution in [3.05, 3.63) is 29.3 Å². The van der Waals surface area contributed by atoms with Crippen LogP contribution in [0.1, 0.15) is 24.2 Å². The minimum Gasteiger partial charge on any atom is -0.464 e. The van der Waals surface area contributed by atoms with Gasteiger partial charge in [-0.05, 0) is 31.0 Å². The highest BCUT2D eigenvalue weighted by Gasteiger charge is 2.26. The number of nitrogen functional groups attached to an aromatic ring is 1. The summed E-state index contributed by atoms with van der Waals surface area (Å²) < 4.78 is 4.63. The number of ether oxygens (including phenoxy) is 1. The first kappa shape index (κ1) is 13.5. The minimum absolute atomic E-state index is 0.156. The third-order valence-corrected chi connectivity index (χ3v) is 2.46. The Morgan fingerprint density at radius 3 is 2.65 bits per heavy atom. The summed E-state index contributed by atoms with van der Waals surface area (Å²) in [4.78, 5) is 11.3. The Morgan fingerprint density at radius 2 is 2.12 bits per heavy atom. The molecule has 0 aliphatic heterocycles. The Labute approximate surface area is 99.8 Å². The van der Waals surface area contributed by atoms with Crippen molar-refractivity contribution in [1.82, 2.24) is 0 Å². The first-order chi connectivity index (χ1) is 7.97. The topological polar surface area (TPSA) is 92.8 Å². The lowest BCUT2D eigenvalue weighted by Gasteiger charge is -2.17. The molecule has 5 nitrogen and oxygen atoms in total. The van der Waals surface area contributed by atoms with E-state index in [1.165, 1.54) is 0 Å². The van der Waals surface area contributed by atoms with Crippen LogP contribution in [-0.2, 0) is 9.53 Å². The fourth-order valence-corrected chi connectivity index (χ4v) is 1.42. The summed E-state index contributed by atoms with van der Waals surface area (Å²) in [6, 6.07) is 4.81. The van der Waals surface area contributed by atoms with Crippen molar-refractivity contribution in [2.45, 2.75) is 26.1 Å². The van der Waals surface area contributed by atoms with Crippen molar-refractivity contribution in [2.24, 2.45) is 0 Å². The number of aliphatic hydroxyl groups excluding tert-OH is 2. The second-order valence-electron chi connectivity index (χ2n) is 3.76. The number of carbonyl (C=O) groups is 1. The maximum absolute atomic E-state index is 11.3. The van der Waals surface area contributed by atoms with Crippen molar-refractivity contribution in [1.29, 1.82) is 0 Å². The van der Waals surface area contributed by atoms with Crippen LogP contribution in [0, 0.1) is 6.92 Å². The van der Waals surface area contributed by atoms with Crippen LogP contribution in [0.5, 0.6) is 0 Å². The van der Waals surface area contributed by atoms with Gasteiger partial charge < -0.3 is 20.7 Å². The molecule has 0 fully saturated rings. The number of benzene rings is 1. The molecule has 5 heteroatoms. The third kappa shape index (κ3) is 3.18. The highest BCUT2D eigenvalue weighted by molar-refractivity contribution is 5.75. The Balaban J connectivity index is 2.84. The van der Waals surface area contributed by atoms with Crippen LogP contribution in [0.2, 0.25) is 0 Å². The van der Waals surface area contributed by atoms with Crippen molar-refractivity contribution in [2.75, 3.05) is 12.3 Å². The first-order valence-electron chi connectivity index (χ1n) is 5.36. The Morgan fingerprint density at radius 1 is 1.47 bits per heavy atom. The summed E-state index contributed by atoms with van der Waals surface area (Å²) in [7, 11) is 0. The molecule has 0 spiro atoms. The Hall–Kier alpha value is -1.59. The van der Waals surface area contributed by atoms with Gasteiger partial charge in [-0.1, -0.05) is 12.1 Å². The summed E-state index contributed by atoms with van der Waals surface area (Å²) in [6.07, 6.45) is -2.90. The van der Waals surface area contributed by atoms with Gasteiger partial charge in [-0.25, -0.2) is 4.79 Å². The van der Waals surface area contributed by atoms with Gasteiger partial charge in [0, 0.05) is 5.69 Å². The summed E-state index contributed by atoms with van der Waals surface area (Å²) in [6.45, 7) is 3.57. The summed E-state index contributed by atoms with van der Waals surface area (Å²) >= 11 is 0. The summed E-state index contributed by atoms with van der Waals surface area (Å²) in [5.41, 5.74) is 7.43. The molecule has 1 aromatic rings. The monoisotopic (exact) mass is 239 g/mol. The van der Waals surface area contributed by atoms with Crippen LogP contribution >= 0.6 is 0 Å². The zero-order valence-corrected chi connectivity index (χ0v) is 9.88. The molecule has 17 heavy (non-hydrogen) atoms. The lowest BCUT2D eigenvalue weighted by Crippen LogP contribution is -2.29. The largest absolute Gasteiger partial charge is 0.464 e. The SMILES string of the molecule is CCOC(=O)C(O)C(O)c1ccc(N)c(C)c1. The number of hydrogen-bond acceptors (Lipinski definition) is 5. The van der Waals surface area contributed by atoms with Gasteiger partial charge in [0.15, 0.2) is 6.10 Å². The molecule has 0 heterocycles. The molecule has 0 saturated carbocycles. The Kier molecular flexibility index (Phi) is 4.48. The van der Waals surface area contributed by atoms with Crippen molar-refractivity contribution >= 4 is 11.7 Å². The number of rotatable bonds is 4. The van der Waals surface area contributed by atoms with Gasteiger partial charge in [0.1, 0.15) is 6.10 Å². The van der Waals surface area contributed by atoms with Crippen LogP contribution in [0.4, 0.5) is 5.69 Å². The molecule has 0 saturated heterocycles. The molecule has 2 unspecified atom stereocenters. The molecule has 0 aliphatic carbocycles. The maximum atomic E-state index is 11.3. The number of aryl methyl sites for hydroxylation is 1. The van der Waals surface area contributed by atoms with Gasteiger partial charge in [0.2, 0.25) is 0 Å². The molecular formula is C12H17NO4. The number of carbonyl (C=O) groups excluding carboxylic acids is 1. The predicted octanol–water partition coefficient (Wildman–Crippen LogP) is 0.535. The highest BCUT2D eigenvalue weighted by atomic mass is 16.5. The van der Waals surface area contributed by atoms with Gasteiger partial charge in [-0.3, -0.25) is 0 Å². The van der Waals surface area contributed by atoms with Crippen molar-refractivity contribution < 1.29 is 19.7 Å². The van der Waals surface area contributed by atoms with Crippen LogP contribution in [0.3, 0.4) is 0 Å². The average Bonchev–Trinajstić information content (AvgIpc) is 2.31. The van der Waals surface area contributed by atoms with E-state index in [1.807, 2.05) is 0 Å². The van der Waals surface area contributed by atoms with E-state index in [0.29, 0.717) is 11.3 Å². The van der Waals surface area contributed by atoms with E-state index in [-0.39, 0.29) is 6.61 Å². The van der Waals surface area contributed by atoms with E-state index in [0.717, 1.165) is 5.56 Å². The number of esters is 1. The first-order valence-corrected chi connectivity index (χ1v) is 5.36. The van der Waals surface area contributed by atoms with Gasteiger partial charge >= 0.3 is 5.97 Å². The number of anilines is 1. The molecule has 0 aromatic heterocycles. The van der Waals surface area contributed by atoms with E-state index in [4.69, 9.17) is 5.73 Å². The third-order valence-electron chi connectivity index (χ3n) is 2.46. The Bertz CT molecular complexity index is 405. The summed E-state index contributed by atoms with van der Waals surface area (Å²) in [5.74, 6) is -0.838. The molecule has 2 atom stereocenters. The van der Waals surface area contributed by atoms with Gasteiger partial charge in [-0.15, -0.1) is 0 Å². The molecular weight excluding hydrogens is 222 g/mol. The van der Waals surface area contributed by atoms with Gasteiger partial charge in [0.05, 0.1) is 6.61 Å². The van der Waals surface area contributed by atoms with E-state index in [2.05, 4.69) is 4.74 Å². The number of hydrogen-bond donors (Lipinski definition) is 3. The summed E-state index contributed by atoms with van der Waals surface area (Å²) in [5, 5.41) is 19.4. The van der Waals surface area contributed by atoms with E-state index in [9.17, 15) is 15.0 Å².